The Morgan fingerprint density at radius 2 is 1.48 bits per heavy atom. The van der Waals surface area contributed by atoms with Gasteiger partial charge >= 0.3 is 5.97 Å². The molecule has 1 aliphatic heterocycles. The van der Waals surface area contributed by atoms with E-state index in [1.807, 2.05) is 120 Å². The van der Waals surface area contributed by atoms with Crippen LogP contribution in [0.3, 0.4) is 0 Å². The van der Waals surface area contributed by atoms with Crippen molar-refractivity contribution in [3.05, 3.63) is 132 Å². The molecule has 0 unspecified atom stereocenters. The van der Waals surface area contributed by atoms with Crippen molar-refractivity contribution in [2.45, 2.75) is 110 Å². The third-order valence-corrected chi connectivity index (χ3v) is 9.53. The molecule has 0 radical (unpaired) electrons. The molecule has 9 heteroatoms. The van der Waals surface area contributed by atoms with E-state index in [2.05, 4.69) is 23.7 Å². The minimum Gasteiger partial charge on any atom is -0.489 e. The summed E-state index contributed by atoms with van der Waals surface area (Å²) in [7, 11) is 0. The van der Waals surface area contributed by atoms with Crippen LogP contribution < -0.4 is 10.1 Å². The fraction of sp³-hybridized carbons (Fsp3) is 0.362. The highest BCUT2D eigenvalue weighted by Crippen LogP contribution is 2.43. The average molecular weight is 761 g/mol. The monoisotopic (exact) mass is 760 g/mol. The molecule has 1 saturated heterocycles. The zero-order chi connectivity index (χ0) is 40.0. The minimum atomic E-state index is -0.921. The molecule has 4 aromatic carbocycles. The molecular formula is C47H53FN2O6. The third kappa shape index (κ3) is 10.3. The van der Waals surface area contributed by atoms with Gasteiger partial charge in [0, 0.05) is 29.9 Å². The molecule has 0 bridgehead atoms. The first-order valence-corrected chi connectivity index (χ1v) is 19.4. The number of hydrogen-bond donors (Lipinski definition) is 1. The maximum Gasteiger partial charge on any atom is 0.308 e. The summed E-state index contributed by atoms with van der Waals surface area (Å²) in [6.07, 6.45) is 0.539. The number of hydrogen-bond acceptors (Lipinski definition) is 6. The fourth-order valence-corrected chi connectivity index (χ4v) is 7.43. The lowest BCUT2D eigenvalue weighted by Crippen LogP contribution is -2.46. The largest absolute Gasteiger partial charge is 0.489 e. The highest BCUT2D eigenvalue weighted by Gasteiger charge is 2.38. The standard InChI is InChI=1S/C47H53FN2O6/c1-31(2)43-42(45(52)49-36-22-24-37(25-23-36)53-30-32-14-10-8-11-15-32)41(33-16-12-9-13-17-33)44(34-18-20-35(48)21-19-34)50(43)27-26-38-28-39(55-47(6,7)54-38)29-40(51)56-46(3,4)5/h8-25,31,38-39H,26-30H2,1-7H3,(H,49,52)/t38-,39+/m0/s1. The van der Waals surface area contributed by atoms with Crippen molar-refractivity contribution in [2.75, 3.05) is 5.32 Å². The second kappa shape index (κ2) is 17.3. The number of ether oxygens (including phenoxy) is 4. The van der Waals surface area contributed by atoms with Gasteiger partial charge in [-0.25, -0.2) is 4.39 Å². The molecule has 0 saturated carbocycles. The second-order valence-corrected chi connectivity index (χ2v) is 16.1. The number of halogens is 1. The van der Waals surface area contributed by atoms with Gasteiger partial charge in [0.15, 0.2) is 5.79 Å². The van der Waals surface area contributed by atoms with Crippen LogP contribution in [0, 0.1) is 5.82 Å². The van der Waals surface area contributed by atoms with E-state index in [0.29, 0.717) is 43.0 Å². The molecule has 6 rings (SSSR count). The summed E-state index contributed by atoms with van der Waals surface area (Å²) in [6, 6.07) is 33.6. The van der Waals surface area contributed by atoms with Crippen molar-refractivity contribution in [1.82, 2.24) is 4.57 Å². The molecule has 5 aromatic rings. The van der Waals surface area contributed by atoms with Gasteiger partial charge < -0.3 is 28.8 Å². The van der Waals surface area contributed by atoms with E-state index >= 15 is 0 Å². The Kier molecular flexibility index (Phi) is 12.5. The number of carbonyl (C=O) groups excluding carboxylic acids is 2. The van der Waals surface area contributed by atoms with Crippen molar-refractivity contribution < 1.29 is 32.9 Å². The van der Waals surface area contributed by atoms with Crippen LogP contribution in [-0.4, -0.2) is 40.0 Å². The molecule has 1 fully saturated rings. The molecule has 2 heterocycles. The maximum absolute atomic E-state index is 14.7. The number of benzene rings is 4. The molecule has 294 valence electrons. The lowest BCUT2D eigenvalue weighted by Gasteiger charge is -2.41. The molecule has 1 N–H and O–H groups in total. The van der Waals surface area contributed by atoms with Crippen LogP contribution in [0.1, 0.15) is 95.3 Å². The fourth-order valence-electron chi connectivity index (χ4n) is 7.43. The van der Waals surface area contributed by atoms with Crippen LogP contribution in [0.25, 0.3) is 22.4 Å². The number of nitrogens with one attached hydrogen (secondary N) is 1. The van der Waals surface area contributed by atoms with Crippen LogP contribution >= 0.6 is 0 Å². The predicted octanol–water partition coefficient (Wildman–Crippen LogP) is 10.9. The number of anilines is 1. The molecular weight excluding hydrogens is 708 g/mol. The van der Waals surface area contributed by atoms with E-state index in [0.717, 1.165) is 33.6 Å². The number of rotatable bonds is 13. The predicted molar refractivity (Wildman–Crippen MR) is 218 cm³/mol. The van der Waals surface area contributed by atoms with Crippen LogP contribution in [0.15, 0.2) is 109 Å². The van der Waals surface area contributed by atoms with Gasteiger partial charge in [0.2, 0.25) is 0 Å². The van der Waals surface area contributed by atoms with Gasteiger partial charge in [-0.05, 0) is 112 Å². The Morgan fingerprint density at radius 1 is 0.857 bits per heavy atom. The highest BCUT2D eigenvalue weighted by molar-refractivity contribution is 6.12. The van der Waals surface area contributed by atoms with Gasteiger partial charge in [0.1, 0.15) is 23.8 Å². The zero-order valence-corrected chi connectivity index (χ0v) is 33.4. The van der Waals surface area contributed by atoms with E-state index in [4.69, 9.17) is 18.9 Å². The third-order valence-electron chi connectivity index (χ3n) is 9.53. The Bertz CT molecular complexity index is 2090. The van der Waals surface area contributed by atoms with Crippen molar-refractivity contribution in [3.63, 3.8) is 0 Å². The van der Waals surface area contributed by atoms with E-state index in [9.17, 15) is 14.0 Å². The normalized spacial score (nSPS) is 16.7. The van der Waals surface area contributed by atoms with Gasteiger partial charge in [0.05, 0.1) is 29.9 Å². The first-order valence-electron chi connectivity index (χ1n) is 19.4. The van der Waals surface area contributed by atoms with Gasteiger partial charge in [-0.1, -0.05) is 74.5 Å². The number of carbonyl (C=O) groups is 2. The average Bonchev–Trinajstić information content (AvgIpc) is 3.49. The summed E-state index contributed by atoms with van der Waals surface area (Å²) in [5, 5.41) is 3.17. The van der Waals surface area contributed by atoms with Crippen molar-refractivity contribution in [3.8, 4) is 28.1 Å². The van der Waals surface area contributed by atoms with Gasteiger partial charge in [0.25, 0.3) is 5.91 Å². The lowest BCUT2D eigenvalue weighted by molar-refractivity contribution is -0.301. The van der Waals surface area contributed by atoms with Gasteiger partial charge in [-0.2, -0.15) is 0 Å². The molecule has 0 aliphatic carbocycles. The first kappa shape index (κ1) is 40.4. The van der Waals surface area contributed by atoms with Crippen LogP contribution in [0.2, 0.25) is 0 Å². The smallest absolute Gasteiger partial charge is 0.308 e. The van der Waals surface area contributed by atoms with E-state index in [1.165, 1.54) is 12.1 Å². The van der Waals surface area contributed by atoms with Gasteiger partial charge in [-0.3, -0.25) is 9.59 Å². The van der Waals surface area contributed by atoms with E-state index in [-0.39, 0.29) is 42.2 Å². The van der Waals surface area contributed by atoms with Crippen LogP contribution in [0.4, 0.5) is 10.1 Å². The summed E-state index contributed by atoms with van der Waals surface area (Å²) in [5.74, 6) is -1.23. The number of esters is 1. The van der Waals surface area contributed by atoms with E-state index in [1.54, 1.807) is 12.1 Å². The molecule has 8 nitrogen and oxygen atoms in total. The molecule has 56 heavy (non-hydrogen) atoms. The van der Waals surface area contributed by atoms with E-state index < -0.39 is 11.4 Å². The first-order chi connectivity index (χ1) is 26.7. The summed E-state index contributed by atoms with van der Waals surface area (Å²) >= 11 is 0. The second-order valence-electron chi connectivity index (χ2n) is 16.1. The van der Waals surface area contributed by atoms with Crippen LogP contribution in [0.5, 0.6) is 5.75 Å². The zero-order valence-electron chi connectivity index (χ0n) is 33.4. The molecule has 1 aromatic heterocycles. The highest BCUT2D eigenvalue weighted by atomic mass is 19.1. The quantitative estimate of drug-likeness (QED) is 0.120. The van der Waals surface area contributed by atoms with Crippen molar-refractivity contribution in [2.24, 2.45) is 0 Å². The minimum absolute atomic E-state index is 0.0758. The van der Waals surface area contributed by atoms with Crippen LogP contribution in [-0.2, 0) is 32.2 Å². The van der Waals surface area contributed by atoms with Crippen molar-refractivity contribution >= 4 is 17.6 Å². The molecule has 1 amide bonds. The SMILES string of the molecule is CC(C)c1c(C(=O)Nc2ccc(OCc3ccccc3)cc2)c(-c2ccccc2)c(-c2ccc(F)cc2)n1CC[C@H]1C[C@H](CC(=O)OC(C)(C)C)OC(C)(C)O1. The number of amides is 1. The summed E-state index contributed by atoms with van der Waals surface area (Å²) in [4.78, 5) is 27.5. The Morgan fingerprint density at radius 3 is 2.11 bits per heavy atom. The lowest BCUT2D eigenvalue weighted by atomic mass is 9.94. The van der Waals surface area contributed by atoms with Crippen molar-refractivity contribution in [1.29, 1.82) is 0 Å². The Hall–Kier alpha value is -5.25. The van der Waals surface area contributed by atoms with Gasteiger partial charge in [-0.15, -0.1) is 0 Å². The number of aromatic nitrogens is 1. The molecule has 2 atom stereocenters. The maximum atomic E-state index is 14.7. The summed E-state index contributed by atoms with van der Waals surface area (Å²) in [6.45, 7) is 14.3. The number of nitrogens with zero attached hydrogens (tertiary/aromatic N) is 1. The Balaban J connectivity index is 1.36. The molecule has 1 aliphatic rings. The molecule has 0 spiro atoms. The summed E-state index contributed by atoms with van der Waals surface area (Å²) < 4.78 is 40.8. The topological polar surface area (TPSA) is 88.0 Å². The Labute approximate surface area is 329 Å². The summed E-state index contributed by atoms with van der Waals surface area (Å²) in [5.41, 5.74) is 5.70.